The van der Waals surface area contributed by atoms with Crippen LogP contribution in [0.3, 0.4) is 0 Å². The number of amides is 1. The summed E-state index contributed by atoms with van der Waals surface area (Å²) in [5.74, 6) is 0.278. The van der Waals surface area contributed by atoms with E-state index in [4.69, 9.17) is 11.6 Å². The van der Waals surface area contributed by atoms with E-state index < -0.39 is 16.1 Å². The Hall–Kier alpha value is -2.80. The van der Waals surface area contributed by atoms with Gasteiger partial charge in [-0.3, -0.25) is 4.79 Å². The van der Waals surface area contributed by atoms with Crippen LogP contribution in [-0.2, 0) is 21.4 Å². The second-order valence-electron chi connectivity index (χ2n) is 8.48. The summed E-state index contributed by atoms with van der Waals surface area (Å²) < 4.78 is 31.3. The van der Waals surface area contributed by atoms with Gasteiger partial charge in [0.05, 0.1) is 5.02 Å². The van der Waals surface area contributed by atoms with Crippen molar-refractivity contribution in [3.05, 3.63) is 53.4 Å². The van der Waals surface area contributed by atoms with Gasteiger partial charge in [-0.05, 0) is 55.5 Å². The topological polar surface area (TPSA) is 111 Å². The molecule has 33 heavy (non-hydrogen) atoms. The Morgan fingerprint density at radius 1 is 1.30 bits per heavy atom. The molecule has 1 amide bonds. The number of hydrogen-bond acceptors (Lipinski definition) is 4. The summed E-state index contributed by atoms with van der Waals surface area (Å²) in [6.07, 6.45) is 5.36. The quantitative estimate of drug-likeness (QED) is 0.531. The van der Waals surface area contributed by atoms with Crippen molar-refractivity contribution >= 4 is 38.4 Å². The van der Waals surface area contributed by atoms with Crippen molar-refractivity contribution in [1.82, 2.24) is 19.2 Å². The highest BCUT2D eigenvalue weighted by atomic mass is 35.5. The number of aryl methyl sites for hydroxylation is 1. The van der Waals surface area contributed by atoms with Gasteiger partial charge < -0.3 is 14.5 Å². The van der Waals surface area contributed by atoms with Crippen molar-refractivity contribution in [3.63, 3.8) is 0 Å². The smallest absolute Gasteiger partial charge is 0.243 e. The van der Waals surface area contributed by atoms with Crippen LogP contribution in [0, 0.1) is 17.2 Å². The molecule has 0 bridgehead atoms. The molecule has 1 atom stereocenters. The number of rotatable bonds is 7. The average molecular weight is 488 g/mol. The molecular weight excluding hydrogens is 462 g/mol. The normalized spacial score (nSPS) is 16.1. The molecule has 0 radical (unpaired) electrons. The lowest BCUT2D eigenvalue weighted by Gasteiger charge is -2.33. The highest BCUT2D eigenvalue weighted by Gasteiger charge is 2.32. The Kier molecular flexibility index (Phi) is 6.79. The molecule has 1 fully saturated rings. The van der Waals surface area contributed by atoms with Crippen LogP contribution in [0.1, 0.15) is 31.9 Å². The molecule has 174 valence electrons. The van der Waals surface area contributed by atoms with Crippen LogP contribution in [-0.4, -0.2) is 47.9 Å². The molecule has 1 aliphatic heterocycles. The van der Waals surface area contributed by atoms with Crippen molar-refractivity contribution < 1.29 is 13.2 Å². The molecule has 3 aromatic rings. The fourth-order valence-electron chi connectivity index (χ4n) is 4.26. The van der Waals surface area contributed by atoms with E-state index in [2.05, 4.69) is 22.7 Å². The minimum atomic E-state index is -4.11. The van der Waals surface area contributed by atoms with Crippen LogP contribution >= 0.6 is 11.6 Å². The molecular formula is C23H26ClN5O3S. The Morgan fingerprint density at radius 3 is 2.79 bits per heavy atom. The van der Waals surface area contributed by atoms with Gasteiger partial charge in [-0.2, -0.15) is 9.98 Å². The summed E-state index contributed by atoms with van der Waals surface area (Å²) in [7, 11) is -4.11. The predicted molar refractivity (Wildman–Crippen MR) is 126 cm³/mol. The Morgan fingerprint density at radius 2 is 2.06 bits per heavy atom. The molecule has 0 spiro atoms. The van der Waals surface area contributed by atoms with Crippen molar-refractivity contribution in [2.45, 2.75) is 43.7 Å². The van der Waals surface area contributed by atoms with E-state index >= 15 is 0 Å². The molecule has 0 saturated carbocycles. The maximum Gasteiger partial charge on any atom is 0.243 e. The minimum Gasteiger partial charge on any atom is -0.361 e. The van der Waals surface area contributed by atoms with Crippen LogP contribution < -0.4 is 4.72 Å². The van der Waals surface area contributed by atoms with Crippen LogP contribution in [0.2, 0.25) is 5.02 Å². The molecule has 1 unspecified atom stereocenters. The van der Waals surface area contributed by atoms with E-state index in [1.54, 1.807) is 46.1 Å². The van der Waals surface area contributed by atoms with Crippen LogP contribution in [0.15, 0.2) is 47.6 Å². The van der Waals surface area contributed by atoms with Gasteiger partial charge in [0.1, 0.15) is 22.7 Å². The zero-order chi connectivity index (χ0) is 23.6. The van der Waals surface area contributed by atoms with Crippen molar-refractivity contribution in [2.75, 3.05) is 13.1 Å². The first-order chi connectivity index (χ1) is 15.8. The highest BCUT2D eigenvalue weighted by Crippen LogP contribution is 2.30. The summed E-state index contributed by atoms with van der Waals surface area (Å²) in [6.45, 7) is 3.66. The molecule has 2 N–H and O–H groups in total. The number of hydrogen-bond donors (Lipinski definition) is 2. The standard InChI is InChI=1S/C23H26ClN5O3S/c1-16-7-12-29(13-8-16)23(30)21(9-14-28-11-2-3-17(28)15-25)27-33(31,32)22-18-6-10-26-20(18)5-4-19(22)24/h2-6,10-11,16,21,26-27H,7-9,12-14H2,1H3. The lowest BCUT2D eigenvalue weighted by Crippen LogP contribution is -2.51. The second-order valence-corrected chi connectivity index (χ2v) is 10.5. The number of H-pyrrole nitrogens is 1. The molecule has 8 nitrogen and oxygen atoms in total. The number of sulfonamides is 1. The molecule has 4 rings (SSSR count). The number of aromatic amines is 1. The van der Waals surface area contributed by atoms with E-state index in [-0.39, 0.29) is 22.2 Å². The first-order valence-corrected chi connectivity index (χ1v) is 12.8. The zero-order valence-electron chi connectivity index (χ0n) is 18.3. The first-order valence-electron chi connectivity index (χ1n) is 10.9. The third-order valence-corrected chi connectivity index (χ3v) is 8.20. The van der Waals surface area contributed by atoms with Crippen LogP contribution in [0.4, 0.5) is 0 Å². The minimum absolute atomic E-state index is 0.0494. The lowest BCUT2D eigenvalue weighted by atomic mass is 9.98. The number of nitriles is 1. The lowest BCUT2D eigenvalue weighted by molar-refractivity contribution is -0.134. The summed E-state index contributed by atoms with van der Waals surface area (Å²) >= 11 is 6.30. The van der Waals surface area contributed by atoms with Crippen molar-refractivity contribution in [2.24, 2.45) is 5.92 Å². The van der Waals surface area contributed by atoms with Gasteiger partial charge in [0.2, 0.25) is 15.9 Å². The Balaban J connectivity index is 1.63. The summed E-state index contributed by atoms with van der Waals surface area (Å²) in [6, 6.07) is 9.43. The number of nitrogens with zero attached hydrogens (tertiary/aromatic N) is 3. The van der Waals surface area contributed by atoms with Gasteiger partial charge in [-0.25, -0.2) is 8.42 Å². The number of carbonyl (C=O) groups is 1. The summed E-state index contributed by atoms with van der Waals surface area (Å²) in [4.78, 5) is 18.1. The second kappa shape index (κ2) is 9.59. The molecule has 10 heteroatoms. The molecule has 1 aromatic carbocycles. The van der Waals surface area contributed by atoms with Crippen LogP contribution in [0.25, 0.3) is 10.9 Å². The molecule has 1 saturated heterocycles. The van der Waals surface area contributed by atoms with Crippen molar-refractivity contribution in [3.8, 4) is 6.07 Å². The summed E-state index contributed by atoms with van der Waals surface area (Å²) in [5, 5.41) is 9.83. The molecule has 2 aromatic heterocycles. The van der Waals surface area contributed by atoms with Gasteiger partial charge in [-0.15, -0.1) is 0 Å². The zero-order valence-corrected chi connectivity index (χ0v) is 19.9. The number of likely N-dealkylation sites (tertiary alicyclic amines) is 1. The summed E-state index contributed by atoms with van der Waals surface area (Å²) in [5.41, 5.74) is 1.09. The maximum atomic E-state index is 13.5. The van der Waals surface area contributed by atoms with E-state index in [1.807, 2.05) is 0 Å². The van der Waals surface area contributed by atoms with E-state index in [0.29, 0.717) is 42.1 Å². The Labute approximate surface area is 198 Å². The van der Waals surface area contributed by atoms with E-state index in [1.165, 1.54) is 6.07 Å². The maximum absolute atomic E-state index is 13.5. The third kappa shape index (κ3) is 4.93. The molecule has 0 aliphatic carbocycles. The number of piperidine rings is 1. The van der Waals surface area contributed by atoms with Gasteiger partial charge >= 0.3 is 0 Å². The fraction of sp³-hybridized carbons (Fsp3) is 0.391. The number of aromatic nitrogens is 2. The van der Waals surface area contributed by atoms with Crippen LogP contribution in [0.5, 0.6) is 0 Å². The number of carbonyl (C=O) groups excluding carboxylic acids is 1. The highest BCUT2D eigenvalue weighted by molar-refractivity contribution is 7.90. The molecule has 1 aliphatic rings. The third-order valence-electron chi connectivity index (χ3n) is 6.20. The number of benzene rings is 1. The number of halogens is 1. The average Bonchev–Trinajstić information content (AvgIpc) is 3.45. The van der Waals surface area contributed by atoms with Gasteiger partial charge in [0.25, 0.3) is 0 Å². The fourth-order valence-corrected chi connectivity index (χ4v) is 6.23. The first kappa shape index (κ1) is 23.4. The van der Waals surface area contributed by atoms with E-state index in [0.717, 1.165) is 12.8 Å². The largest absolute Gasteiger partial charge is 0.361 e. The van der Waals surface area contributed by atoms with Gasteiger partial charge in [-0.1, -0.05) is 18.5 Å². The van der Waals surface area contributed by atoms with Gasteiger partial charge in [0.15, 0.2) is 0 Å². The number of fused-ring (bicyclic) bond motifs is 1. The number of nitrogens with one attached hydrogen (secondary N) is 2. The predicted octanol–water partition coefficient (Wildman–Crippen LogP) is 3.49. The van der Waals surface area contributed by atoms with Gasteiger partial charge in [0, 0.05) is 42.9 Å². The Bertz CT molecular complexity index is 1300. The van der Waals surface area contributed by atoms with E-state index in [9.17, 15) is 18.5 Å². The molecule has 3 heterocycles. The SMILES string of the molecule is CC1CCN(C(=O)C(CCn2cccc2C#N)NS(=O)(=O)c2c(Cl)ccc3[nH]ccc23)CC1. The van der Waals surface area contributed by atoms with Crippen molar-refractivity contribution in [1.29, 1.82) is 5.26 Å². The monoisotopic (exact) mass is 487 g/mol.